The van der Waals surface area contributed by atoms with Crippen LogP contribution < -0.4 is 0 Å². The van der Waals surface area contributed by atoms with Crippen LogP contribution in [0.1, 0.15) is 17.3 Å². The van der Waals surface area contributed by atoms with Gasteiger partial charge in [-0.15, -0.1) is 0 Å². The zero-order valence-corrected chi connectivity index (χ0v) is 9.82. The van der Waals surface area contributed by atoms with Crippen molar-refractivity contribution in [2.24, 2.45) is 5.92 Å². The number of rotatable bonds is 4. The van der Waals surface area contributed by atoms with E-state index in [9.17, 15) is 19.5 Å². The Morgan fingerprint density at radius 3 is 2.50 bits per heavy atom. The smallest absolute Gasteiger partial charge is 0.237 e. The van der Waals surface area contributed by atoms with Crippen molar-refractivity contribution in [3.8, 4) is 0 Å². The van der Waals surface area contributed by atoms with Gasteiger partial charge in [-0.25, -0.2) is 0 Å². The van der Waals surface area contributed by atoms with Crippen LogP contribution in [0.25, 0.3) is 0 Å². The SMILES string of the molecule is CC(O)C1C(=O)N(C=O)C1C(=O)c1ccccc1. The summed E-state index contributed by atoms with van der Waals surface area (Å²) < 4.78 is 0. The van der Waals surface area contributed by atoms with E-state index in [1.165, 1.54) is 6.92 Å². The highest BCUT2D eigenvalue weighted by Crippen LogP contribution is 2.30. The van der Waals surface area contributed by atoms with E-state index in [1.54, 1.807) is 30.3 Å². The van der Waals surface area contributed by atoms with Crippen molar-refractivity contribution in [1.82, 2.24) is 4.90 Å². The predicted molar refractivity (Wildman–Crippen MR) is 62.6 cm³/mol. The Kier molecular flexibility index (Phi) is 3.25. The van der Waals surface area contributed by atoms with Gasteiger partial charge in [0.2, 0.25) is 12.3 Å². The van der Waals surface area contributed by atoms with Crippen molar-refractivity contribution in [3.63, 3.8) is 0 Å². The maximum atomic E-state index is 12.2. The lowest BCUT2D eigenvalue weighted by Crippen LogP contribution is -2.66. The first-order chi connectivity index (χ1) is 8.57. The van der Waals surface area contributed by atoms with Crippen LogP contribution in [0.3, 0.4) is 0 Å². The third kappa shape index (κ3) is 1.82. The summed E-state index contributed by atoms with van der Waals surface area (Å²) in [5.41, 5.74) is 0.424. The molecule has 18 heavy (non-hydrogen) atoms. The number of nitrogens with zero attached hydrogens (tertiary/aromatic N) is 1. The Labute approximate surface area is 104 Å². The minimum absolute atomic E-state index is 0.326. The average molecular weight is 247 g/mol. The van der Waals surface area contributed by atoms with Gasteiger partial charge in [-0.2, -0.15) is 0 Å². The van der Waals surface area contributed by atoms with Crippen LogP contribution in [0, 0.1) is 5.92 Å². The molecule has 1 heterocycles. The van der Waals surface area contributed by atoms with E-state index in [4.69, 9.17) is 0 Å². The van der Waals surface area contributed by atoms with Crippen LogP contribution in [0.2, 0.25) is 0 Å². The van der Waals surface area contributed by atoms with Crippen LogP contribution in [0.4, 0.5) is 0 Å². The fraction of sp³-hybridized carbons (Fsp3) is 0.308. The third-order valence-electron chi connectivity index (χ3n) is 3.14. The second-order valence-electron chi connectivity index (χ2n) is 4.29. The van der Waals surface area contributed by atoms with E-state index in [-0.39, 0.29) is 5.78 Å². The van der Waals surface area contributed by atoms with Crippen LogP contribution in [-0.4, -0.2) is 40.3 Å². The molecule has 94 valence electrons. The topological polar surface area (TPSA) is 74.7 Å². The molecule has 1 aromatic carbocycles. The van der Waals surface area contributed by atoms with E-state index in [1.807, 2.05) is 0 Å². The summed E-state index contributed by atoms with van der Waals surface area (Å²) in [5.74, 6) is -1.66. The van der Waals surface area contributed by atoms with Crippen molar-refractivity contribution < 1.29 is 19.5 Å². The number of hydrogen-bond donors (Lipinski definition) is 1. The van der Waals surface area contributed by atoms with Gasteiger partial charge in [0.1, 0.15) is 6.04 Å². The number of aliphatic hydroxyl groups is 1. The van der Waals surface area contributed by atoms with Crippen molar-refractivity contribution in [3.05, 3.63) is 35.9 Å². The molecule has 3 unspecified atom stereocenters. The van der Waals surface area contributed by atoms with E-state index in [0.717, 1.165) is 4.90 Å². The summed E-state index contributed by atoms with van der Waals surface area (Å²) >= 11 is 0. The molecule has 0 saturated carbocycles. The number of likely N-dealkylation sites (tertiary alicyclic amines) is 1. The summed E-state index contributed by atoms with van der Waals surface area (Å²) in [5, 5.41) is 9.51. The molecule has 1 fully saturated rings. The second kappa shape index (κ2) is 4.70. The molecular formula is C13H13NO4. The summed E-state index contributed by atoms with van der Waals surface area (Å²) in [6.45, 7) is 1.44. The quantitative estimate of drug-likeness (QED) is 0.469. The van der Waals surface area contributed by atoms with Crippen LogP contribution in [0.5, 0.6) is 0 Å². The number of ketones is 1. The van der Waals surface area contributed by atoms with E-state index < -0.39 is 24.0 Å². The molecular weight excluding hydrogens is 234 g/mol. The molecule has 1 saturated heterocycles. The Balaban J connectivity index is 2.28. The van der Waals surface area contributed by atoms with Gasteiger partial charge in [0.25, 0.3) is 0 Å². The number of Topliss-reactive ketones (excluding diaryl/α,β-unsaturated/α-hetero) is 1. The number of hydrogen-bond acceptors (Lipinski definition) is 4. The molecule has 1 N–H and O–H groups in total. The van der Waals surface area contributed by atoms with Gasteiger partial charge in [0, 0.05) is 5.56 Å². The molecule has 5 heteroatoms. The van der Waals surface area contributed by atoms with Crippen LogP contribution in [0.15, 0.2) is 30.3 Å². The fourth-order valence-corrected chi connectivity index (χ4v) is 2.19. The maximum Gasteiger partial charge on any atom is 0.237 e. The summed E-state index contributed by atoms with van der Waals surface area (Å²) in [6, 6.07) is 7.52. The molecule has 0 radical (unpaired) electrons. The maximum absolute atomic E-state index is 12.2. The van der Waals surface area contributed by atoms with E-state index in [0.29, 0.717) is 12.0 Å². The molecule has 3 atom stereocenters. The van der Waals surface area contributed by atoms with Crippen LogP contribution in [-0.2, 0) is 9.59 Å². The standard InChI is InChI=1S/C13H13NO4/c1-8(16)10-11(14(7-15)13(10)18)12(17)9-5-3-2-4-6-9/h2-8,10-11,16H,1H3. The van der Waals surface area contributed by atoms with Crippen molar-refractivity contribution in [1.29, 1.82) is 0 Å². The largest absolute Gasteiger partial charge is 0.392 e. The Hall–Kier alpha value is -2.01. The number of amides is 2. The number of β-lactam (4-membered cyclic amide) rings is 1. The summed E-state index contributed by atoms with van der Waals surface area (Å²) in [6.07, 6.45) is -0.612. The van der Waals surface area contributed by atoms with Gasteiger partial charge in [-0.05, 0) is 6.92 Å². The lowest BCUT2D eigenvalue weighted by atomic mass is 9.79. The van der Waals surface area contributed by atoms with Gasteiger partial charge < -0.3 is 5.11 Å². The average Bonchev–Trinajstić information content (AvgIpc) is 2.36. The van der Waals surface area contributed by atoms with Gasteiger partial charge >= 0.3 is 0 Å². The highest BCUT2D eigenvalue weighted by molar-refractivity contribution is 6.11. The fourth-order valence-electron chi connectivity index (χ4n) is 2.19. The van der Waals surface area contributed by atoms with Gasteiger partial charge in [0.05, 0.1) is 12.0 Å². The first-order valence-corrected chi connectivity index (χ1v) is 5.62. The normalized spacial score (nSPS) is 24.3. The number of imide groups is 1. The summed E-state index contributed by atoms with van der Waals surface area (Å²) in [7, 11) is 0. The minimum Gasteiger partial charge on any atom is -0.392 e. The molecule has 0 aromatic heterocycles. The third-order valence-corrected chi connectivity index (χ3v) is 3.14. The molecule has 1 aromatic rings. The number of carbonyl (C=O) groups is 3. The van der Waals surface area contributed by atoms with Crippen molar-refractivity contribution in [2.45, 2.75) is 19.1 Å². The van der Waals surface area contributed by atoms with Crippen molar-refractivity contribution >= 4 is 18.1 Å². The first-order valence-electron chi connectivity index (χ1n) is 5.62. The highest BCUT2D eigenvalue weighted by Gasteiger charge is 2.53. The molecule has 2 amide bonds. The number of aliphatic hydroxyl groups excluding tert-OH is 1. The molecule has 0 aliphatic carbocycles. The Morgan fingerprint density at radius 2 is 2.00 bits per heavy atom. The van der Waals surface area contributed by atoms with Crippen LogP contribution >= 0.6 is 0 Å². The van der Waals surface area contributed by atoms with Gasteiger partial charge in [0.15, 0.2) is 5.78 Å². The molecule has 1 aliphatic heterocycles. The molecule has 5 nitrogen and oxygen atoms in total. The highest BCUT2D eigenvalue weighted by atomic mass is 16.3. The molecule has 2 rings (SSSR count). The zero-order chi connectivity index (χ0) is 13.3. The lowest BCUT2D eigenvalue weighted by Gasteiger charge is -2.43. The zero-order valence-electron chi connectivity index (χ0n) is 9.82. The van der Waals surface area contributed by atoms with E-state index in [2.05, 4.69) is 0 Å². The monoisotopic (exact) mass is 247 g/mol. The first kappa shape index (κ1) is 12.4. The Morgan fingerprint density at radius 1 is 1.39 bits per heavy atom. The van der Waals surface area contributed by atoms with Gasteiger partial charge in [-0.3, -0.25) is 19.3 Å². The summed E-state index contributed by atoms with van der Waals surface area (Å²) in [4.78, 5) is 35.4. The van der Waals surface area contributed by atoms with Crippen molar-refractivity contribution in [2.75, 3.05) is 0 Å². The predicted octanol–water partition coefficient (Wildman–Crippen LogP) is 0.233. The lowest BCUT2D eigenvalue weighted by molar-refractivity contribution is -0.163. The molecule has 1 aliphatic rings. The minimum atomic E-state index is -0.952. The Bertz CT molecular complexity index is 483. The van der Waals surface area contributed by atoms with Gasteiger partial charge in [-0.1, -0.05) is 30.3 Å². The second-order valence-corrected chi connectivity index (χ2v) is 4.29. The molecule has 0 spiro atoms. The number of carbonyl (C=O) groups excluding carboxylic acids is 3. The van der Waals surface area contributed by atoms with E-state index >= 15 is 0 Å². The molecule has 0 bridgehead atoms. The number of benzene rings is 1.